The highest BCUT2D eigenvalue weighted by atomic mass is 32.1. The number of thiazole rings is 1. The molecule has 1 aromatic rings. The fourth-order valence-corrected chi connectivity index (χ4v) is 3.12. The summed E-state index contributed by atoms with van der Waals surface area (Å²) in [6.07, 6.45) is 0.835. The van der Waals surface area contributed by atoms with Crippen LogP contribution < -0.4 is 10.6 Å². The fraction of sp³-hybridized carbons (Fsp3) is 0.615. The molecule has 1 atom stereocenters. The van der Waals surface area contributed by atoms with Crippen LogP contribution in [0.2, 0.25) is 0 Å². The number of hydrogen-bond donors (Lipinski definition) is 2. The summed E-state index contributed by atoms with van der Waals surface area (Å²) < 4.78 is 0. The summed E-state index contributed by atoms with van der Waals surface area (Å²) in [6, 6.07) is 0. The Labute approximate surface area is 116 Å². The van der Waals surface area contributed by atoms with Crippen molar-refractivity contribution in [3.63, 3.8) is 0 Å². The second-order valence-electron chi connectivity index (χ2n) is 5.29. The van der Waals surface area contributed by atoms with Gasteiger partial charge < -0.3 is 10.6 Å². The first-order valence-electron chi connectivity index (χ1n) is 6.44. The quantitative estimate of drug-likeness (QED) is 0.827. The Morgan fingerprint density at radius 3 is 2.74 bits per heavy atom. The van der Waals surface area contributed by atoms with Gasteiger partial charge in [-0.05, 0) is 18.9 Å². The molecule has 1 aliphatic rings. The van der Waals surface area contributed by atoms with Crippen molar-refractivity contribution in [2.45, 2.75) is 27.2 Å². The van der Waals surface area contributed by atoms with Crippen LogP contribution >= 0.6 is 11.3 Å². The Balaban J connectivity index is 2.13. The Bertz CT molecular complexity index is 490. The molecule has 0 spiro atoms. The van der Waals surface area contributed by atoms with Crippen molar-refractivity contribution in [2.24, 2.45) is 11.3 Å². The first kappa shape index (κ1) is 14.1. The molecular formula is C13H19N3O2S. The molecule has 1 amide bonds. The van der Waals surface area contributed by atoms with Gasteiger partial charge in [0.05, 0.1) is 5.41 Å². The molecule has 6 heteroatoms. The third-order valence-electron chi connectivity index (χ3n) is 3.83. The lowest BCUT2D eigenvalue weighted by atomic mass is 9.75. The lowest BCUT2D eigenvalue weighted by molar-refractivity contribution is -0.126. The lowest BCUT2D eigenvalue weighted by Crippen LogP contribution is -2.42. The largest absolute Gasteiger partial charge is 0.316 e. The Morgan fingerprint density at radius 2 is 2.26 bits per heavy atom. The first-order chi connectivity index (χ1) is 8.95. The first-order valence-corrected chi connectivity index (χ1v) is 7.32. The molecule has 2 heterocycles. The molecule has 1 aromatic heterocycles. The number of rotatable bonds is 4. The summed E-state index contributed by atoms with van der Waals surface area (Å²) in [6.45, 7) is 7.16. The number of carbonyl (C=O) groups is 2. The van der Waals surface area contributed by atoms with Crippen molar-refractivity contribution in [1.82, 2.24) is 10.3 Å². The van der Waals surface area contributed by atoms with Crippen LogP contribution in [0.25, 0.3) is 0 Å². The number of ketones is 1. The minimum absolute atomic E-state index is 0.00282. The van der Waals surface area contributed by atoms with E-state index < -0.39 is 0 Å². The van der Waals surface area contributed by atoms with Gasteiger partial charge in [0, 0.05) is 18.8 Å². The van der Waals surface area contributed by atoms with Gasteiger partial charge in [-0.15, -0.1) is 11.3 Å². The Kier molecular flexibility index (Phi) is 4.01. The molecule has 1 fully saturated rings. The third-order valence-corrected chi connectivity index (χ3v) is 4.59. The monoisotopic (exact) mass is 281 g/mol. The average molecular weight is 281 g/mol. The minimum Gasteiger partial charge on any atom is -0.316 e. The van der Waals surface area contributed by atoms with Crippen LogP contribution in [0.3, 0.4) is 0 Å². The van der Waals surface area contributed by atoms with Gasteiger partial charge in [0.2, 0.25) is 5.91 Å². The van der Waals surface area contributed by atoms with Crippen LogP contribution in [-0.4, -0.2) is 29.8 Å². The van der Waals surface area contributed by atoms with E-state index in [1.807, 2.05) is 0 Å². The summed E-state index contributed by atoms with van der Waals surface area (Å²) in [5, 5.41) is 8.29. The van der Waals surface area contributed by atoms with Gasteiger partial charge in [0.1, 0.15) is 5.69 Å². The molecule has 1 saturated heterocycles. The van der Waals surface area contributed by atoms with E-state index in [-0.39, 0.29) is 23.0 Å². The van der Waals surface area contributed by atoms with Gasteiger partial charge in [-0.25, -0.2) is 4.98 Å². The van der Waals surface area contributed by atoms with Crippen molar-refractivity contribution in [1.29, 1.82) is 0 Å². The van der Waals surface area contributed by atoms with Gasteiger partial charge in [0.25, 0.3) is 0 Å². The van der Waals surface area contributed by atoms with Gasteiger partial charge >= 0.3 is 0 Å². The zero-order valence-electron chi connectivity index (χ0n) is 11.4. The summed E-state index contributed by atoms with van der Waals surface area (Å²) >= 11 is 1.29. The van der Waals surface area contributed by atoms with E-state index in [4.69, 9.17) is 0 Å². The second kappa shape index (κ2) is 5.38. The molecule has 1 aliphatic heterocycles. The maximum atomic E-state index is 12.5. The van der Waals surface area contributed by atoms with Gasteiger partial charge in [0.15, 0.2) is 10.9 Å². The van der Waals surface area contributed by atoms with Gasteiger partial charge in [-0.1, -0.05) is 13.8 Å². The van der Waals surface area contributed by atoms with E-state index >= 15 is 0 Å². The van der Waals surface area contributed by atoms with Crippen LogP contribution in [0.5, 0.6) is 0 Å². The van der Waals surface area contributed by atoms with E-state index in [2.05, 4.69) is 29.5 Å². The Morgan fingerprint density at radius 1 is 1.53 bits per heavy atom. The zero-order valence-corrected chi connectivity index (χ0v) is 12.3. The summed E-state index contributed by atoms with van der Waals surface area (Å²) in [4.78, 5) is 27.8. The number of nitrogens with one attached hydrogen (secondary N) is 2. The highest BCUT2D eigenvalue weighted by Crippen LogP contribution is 2.35. The topological polar surface area (TPSA) is 71.1 Å². The third kappa shape index (κ3) is 2.69. The van der Waals surface area contributed by atoms with E-state index in [0.717, 1.165) is 13.0 Å². The highest BCUT2D eigenvalue weighted by molar-refractivity contribution is 7.14. The standard InChI is InChI=1S/C13H19N3O2S/c1-8(2)13(4-5-14-7-13)11(18)16-12-15-10(6-19-12)9(3)17/h6,8,14H,4-5,7H2,1-3H3,(H,15,16,18). The van der Waals surface area contributed by atoms with Crippen molar-refractivity contribution >= 4 is 28.2 Å². The lowest BCUT2D eigenvalue weighted by Gasteiger charge is -2.30. The minimum atomic E-state index is -0.373. The number of Topliss-reactive ketones (excluding diaryl/α,β-unsaturated/α-hetero) is 1. The van der Waals surface area contributed by atoms with Crippen LogP contribution in [0.4, 0.5) is 5.13 Å². The molecule has 5 nitrogen and oxygen atoms in total. The number of nitrogens with zero attached hydrogens (tertiary/aromatic N) is 1. The van der Waals surface area contributed by atoms with Crippen molar-refractivity contribution < 1.29 is 9.59 Å². The maximum Gasteiger partial charge on any atom is 0.233 e. The highest BCUT2D eigenvalue weighted by Gasteiger charge is 2.44. The van der Waals surface area contributed by atoms with Gasteiger partial charge in [-0.3, -0.25) is 9.59 Å². The van der Waals surface area contributed by atoms with E-state index in [1.165, 1.54) is 18.3 Å². The molecule has 0 aromatic carbocycles. The van der Waals surface area contributed by atoms with Crippen LogP contribution in [-0.2, 0) is 4.79 Å². The molecule has 2 N–H and O–H groups in total. The molecule has 0 radical (unpaired) electrons. The normalized spacial score (nSPS) is 22.7. The molecule has 104 valence electrons. The molecule has 19 heavy (non-hydrogen) atoms. The van der Waals surface area contributed by atoms with Crippen molar-refractivity contribution in [2.75, 3.05) is 18.4 Å². The van der Waals surface area contributed by atoms with E-state index in [9.17, 15) is 9.59 Å². The smallest absolute Gasteiger partial charge is 0.233 e. The fourth-order valence-electron chi connectivity index (χ4n) is 2.37. The number of amides is 1. The van der Waals surface area contributed by atoms with Crippen LogP contribution in [0.1, 0.15) is 37.7 Å². The second-order valence-corrected chi connectivity index (χ2v) is 6.14. The number of anilines is 1. The van der Waals surface area contributed by atoms with Gasteiger partial charge in [-0.2, -0.15) is 0 Å². The number of carbonyl (C=O) groups excluding carboxylic acids is 2. The predicted molar refractivity (Wildman–Crippen MR) is 75.5 cm³/mol. The molecule has 2 rings (SSSR count). The predicted octanol–water partition coefficient (Wildman–Crippen LogP) is 1.92. The molecule has 0 saturated carbocycles. The van der Waals surface area contributed by atoms with Crippen LogP contribution in [0.15, 0.2) is 5.38 Å². The maximum absolute atomic E-state index is 12.5. The number of aromatic nitrogens is 1. The summed E-state index contributed by atoms with van der Waals surface area (Å²) in [5.41, 5.74) is 0.0330. The molecular weight excluding hydrogens is 262 g/mol. The molecule has 0 bridgehead atoms. The Hall–Kier alpha value is -1.27. The van der Waals surface area contributed by atoms with Crippen molar-refractivity contribution in [3.05, 3.63) is 11.1 Å². The van der Waals surface area contributed by atoms with E-state index in [1.54, 1.807) is 5.38 Å². The SMILES string of the molecule is CC(=O)c1csc(NC(=O)C2(C(C)C)CCNC2)n1. The van der Waals surface area contributed by atoms with E-state index in [0.29, 0.717) is 17.4 Å². The number of hydrogen-bond acceptors (Lipinski definition) is 5. The summed E-state index contributed by atoms with van der Waals surface area (Å²) in [7, 11) is 0. The van der Waals surface area contributed by atoms with Crippen LogP contribution in [0, 0.1) is 11.3 Å². The van der Waals surface area contributed by atoms with Crippen molar-refractivity contribution in [3.8, 4) is 0 Å². The molecule has 0 aliphatic carbocycles. The zero-order chi connectivity index (χ0) is 14.0. The molecule has 1 unspecified atom stereocenters. The summed E-state index contributed by atoms with van der Waals surface area (Å²) in [5.74, 6) is 0.171. The average Bonchev–Trinajstić information content (AvgIpc) is 2.97.